The van der Waals surface area contributed by atoms with Crippen molar-refractivity contribution in [2.75, 3.05) is 6.61 Å². The summed E-state index contributed by atoms with van der Waals surface area (Å²) < 4.78 is 0. The van der Waals surface area contributed by atoms with Gasteiger partial charge in [0.05, 0.1) is 6.61 Å². The predicted octanol–water partition coefficient (Wildman–Crippen LogP) is 10.0. The minimum atomic E-state index is 0.0738. The number of hydrogen-bond donors (Lipinski definition) is 0. The molecule has 202 valence electrons. The van der Waals surface area contributed by atoms with Gasteiger partial charge in [-0.05, 0) is 102 Å². The lowest BCUT2D eigenvalue weighted by Crippen LogP contribution is -2.58. The summed E-state index contributed by atoms with van der Waals surface area (Å²) in [4.78, 5) is 6.49. The van der Waals surface area contributed by atoms with E-state index >= 15 is 0 Å². The van der Waals surface area contributed by atoms with Crippen molar-refractivity contribution in [1.82, 2.24) is 5.06 Å². The van der Waals surface area contributed by atoms with E-state index in [1.54, 1.807) is 0 Å². The normalized spacial score (nSPS) is 19.7. The maximum absolute atomic E-state index is 6.49. The van der Waals surface area contributed by atoms with E-state index in [0.717, 1.165) is 25.7 Å². The van der Waals surface area contributed by atoms with Gasteiger partial charge in [-0.3, -0.25) is 4.84 Å². The van der Waals surface area contributed by atoms with E-state index in [-0.39, 0.29) is 11.1 Å². The first-order chi connectivity index (χ1) is 17.7. The maximum atomic E-state index is 6.49. The van der Waals surface area contributed by atoms with E-state index in [2.05, 4.69) is 125 Å². The second-order valence-electron chi connectivity index (χ2n) is 12.2. The summed E-state index contributed by atoms with van der Waals surface area (Å²) in [5.41, 5.74) is 4.52. The number of benzene rings is 2. The van der Waals surface area contributed by atoms with E-state index in [4.69, 9.17) is 4.84 Å². The monoisotopic (exact) mass is 501 g/mol. The third-order valence-electron chi connectivity index (χ3n) is 8.17. The Hall–Kier alpha value is -2.16. The highest BCUT2D eigenvalue weighted by molar-refractivity contribution is 5.22. The van der Waals surface area contributed by atoms with Crippen molar-refractivity contribution >= 4 is 0 Å². The summed E-state index contributed by atoms with van der Waals surface area (Å²) in [6.45, 7) is 14.6. The first-order valence-corrected chi connectivity index (χ1v) is 14.6. The molecule has 2 heteroatoms. The molecule has 0 amide bonds. The third kappa shape index (κ3) is 8.97. The Kier molecular flexibility index (Phi) is 11.2. The molecule has 2 aromatic carbocycles. The number of rotatable bonds is 13. The van der Waals surface area contributed by atoms with Gasteiger partial charge in [0.15, 0.2) is 0 Å². The van der Waals surface area contributed by atoms with Crippen LogP contribution in [0.2, 0.25) is 0 Å². The van der Waals surface area contributed by atoms with Crippen molar-refractivity contribution < 1.29 is 4.84 Å². The van der Waals surface area contributed by atoms with Crippen molar-refractivity contribution in [2.24, 2.45) is 0 Å². The summed E-state index contributed by atoms with van der Waals surface area (Å²) in [6.07, 6.45) is 16.3. The van der Waals surface area contributed by atoms with Gasteiger partial charge in [-0.15, -0.1) is 0 Å². The molecule has 2 unspecified atom stereocenters. The summed E-state index contributed by atoms with van der Waals surface area (Å²) in [6, 6.07) is 21.9. The standard InChI is InChI=1S/C35H51NO/c1-7-31(33-22-15-10-16-23-33)19-12-8-11-18-30(28-29(2)32-20-13-9-14-21-32)24-27-37-36-34(3,4)25-17-26-35(36,5)6/h8-10,12-16,20-24,29,31H,7,11,17-19,25-28H2,1-6H3/b12-8+,30-24+. The molecule has 0 aromatic heterocycles. The Morgan fingerprint density at radius 3 is 2.08 bits per heavy atom. The molecule has 0 saturated carbocycles. The van der Waals surface area contributed by atoms with E-state index in [0.29, 0.717) is 18.4 Å². The Balaban J connectivity index is 1.62. The fourth-order valence-electron chi connectivity index (χ4n) is 6.05. The first-order valence-electron chi connectivity index (χ1n) is 14.6. The Morgan fingerprint density at radius 2 is 1.49 bits per heavy atom. The van der Waals surface area contributed by atoms with Crippen molar-refractivity contribution in [1.29, 1.82) is 0 Å². The van der Waals surface area contributed by atoms with E-state index in [1.807, 2.05) is 0 Å². The van der Waals surface area contributed by atoms with Crippen LogP contribution in [0, 0.1) is 0 Å². The average Bonchev–Trinajstić information content (AvgIpc) is 2.88. The second kappa shape index (κ2) is 14.1. The number of hydrogen-bond acceptors (Lipinski definition) is 2. The molecule has 1 aliphatic heterocycles. The molecule has 1 heterocycles. The van der Waals surface area contributed by atoms with Gasteiger partial charge >= 0.3 is 0 Å². The first kappa shape index (κ1) is 29.4. The molecule has 1 fully saturated rings. The molecule has 1 saturated heterocycles. The number of nitrogens with zero attached hydrogens (tertiary/aromatic N) is 1. The molecule has 37 heavy (non-hydrogen) atoms. The molecule has 0 aliphatic carbocycles. The van der Waals surface area contributed by atoms with Gasteiger partial charge in [0.1, 0.15) is 0 Å². The van der Waals surface area contributed by atoms with Gasteiger partial charge < -0.3 is 0 Å². The molecule has 2 nitrogen and oxygen atoms in total. The molecule has 0 bridgehead atoms. The average molecular weight is 502 g/mol. The zero-order chi connectivity index (χ0) is 26.7. The highest BCUT2D eigenvalue weighted by atomic mass is 16.7. The molecular weight excluding hydrogens is 450 g/mol. The van der Waals surface area contributed by atoms with Crippen LogP contribution in [0.25, 0.3) is 0 Å². The SMILES string of the molecule is CCC(C/C=C/CC/C(=C\CON1C(C)(C)CCCC1(C)C)CC(C)c1ccccc1)c1ccccc1. The van der Waals surface area contributed by atoms with Crippen LogP contribution in [0.4, 0.5) is 0 Å². The molecular formula is C35H51NO. The quantitative estimate of drug-likeness (QED) is 0.253. The Labute approximate surface area is 227 Å². The van der Waals surface area contributed by atoms with Crippen molar-refractivity contribution in [3.8, 4) is 0 Å². The maximum Gasteiger partial charge on any atom is 0.0869 e. The highest BCUT2D eigenvalue weighted by Gasteiger charge is 2.42. The van der Waals surface area contributed by atoms with E-state index in [1.165, 1.54) is 42.4 Å². The zero-order valence-electron chi connectivity index (χ0n) is 24.4. The van der Waals surface area contributed by atoms with Crippen molar-refractivity contribution in [2.45, 2.75) is 116 Å². The molecule has 1 aliphatic rings. The van der Waals surface area contributed by atoms with Gasteiger partial charge in [0.25, 0.3) is 0 Å². The van der Waals surface area contributed by atoms with Gasteiger partial charge in [0, 0.05) is 11.1 Å². The third-order valence-corrected chi connectivity index (χ3v) is 8.17. The van der Waals surface area contributed by atoms with Gasteiger partial charge in [-0.1, -0.05) is 98.3 Å². The Morgan fingerprint density at radius 1 is 0.892 bits per heavy atom. The van der Waals surface area contributed by atoms with Gasteiger partial charge in [-0.25, -0.2) is 0 Å². The van der Waals surface area contributed by atoms with Crippen LogP contribution in [0.15, 0.2) is 84.5 Å². The number of allylic oxidation sites excluding steroid dienone is 3. The van der Waals surface area contributed by atoms with E-state index < -0.39 is 0 Å². The smallest absolute Gasteiger partial charge is 0.0869 e. The largest absolute Gasteiger partial charge is 0.294 e. The molecule has 3 rings (SSSR count). The van der Waals surface area contributed by atoms with Crippen LogP contribution in [0.5, 0.6) is 0 Å². The zero-order valence-corrected chi connectivity index (χ0v) is 24.4. The van der Waals surface area contributed by atoms with Gasteiger partial charge in [0.2, 0.25) is 0 Å². The number of piperidine rings is 1. The fraction of sp³-hybridized carbons (Fsp3) is 0.543. The molecule has 2 aromatic rings. The lowest BCUT2D eigenvalue weighted by Gasteiger charge is -2.51. The minimum Gasteiger partial charge on any atom is -0.294 e. The van der Waals surface area contributed by atoms with Crippen LogP contribution in [0.1, 0.15) is 116 Å². The molecule has 0 radical (unpaired) electrons. The summed E-state index contributed by atoms with van der Waals surface area (Å²) >= 11 is 0. The van der Waals surface area contributed by atoms with Crippen LogP contribution < -0.4 is 0 Å². The predicted molar refractivity (Wildman–Crippen MR) is 160 cm³/mol. The minimum absolute atomic E-state index is 0.0738. The Bertz CT molecular complexity index is 957. The summed E-state index contributed by atoms with van der Waals surface area (Å²) in [5, 5.41) is 2.28. The van der Waals surface area contributed by atoms with Crippen molar-refractivity contribution in [3.05, 3.63) is 95.6 Å². The lowest BCUT2D eigenvalue weighted by molar-refractivity contribution is -0.274. The van der Waals surface area contributed by atoms with Crippen LogP contribution in [0.3, 0.4) is 0 Å². The topological polar surface area (TPSA) is 12.5 Å². The highest BCUT2D eigenvalue weighted by Crippen LogP contribution is 2.38. The van der Waals surface area contributed by atoms with Crippen LogP contribution in [-0.4, -0.2) is 22.7 Å². The summed E-state index contributed by atoms with van der Waals surface area (Å²) in [7, 11) is 0. The number of hydroxylamine groups is 2. The lowest BCUT2D eigenvalue weighted by atomic mass is 9.82. The van der Waals surface area contributed by atoms with E-state index in [9.17, 15) is 0 Å². The van der Waals surface area contributed by atoms with Crippen LogP contribution >= 0.6 is 0 Å². The van der Waals surface area contributed by atoms with Crippen molar-refractivity contribution in [3.63, 3.8) is 0 Å². The molecule has 2 atom stereocenters. The fourth-order valence-corrected chi connectivity index (χ4v) is 6.05. The summed E-state index contributed by atoms with van der Waals surface area (Å²) in [5.74, 6) is 1.11. The molecule has 0 spiro atoms. The van der Waals surface area contributed by atoms with Gasteiger partial charge in [-0.2, -0.15) is 5.06 Å². The second-order valence-corrected chi connectivity index (χ2v) is 12.2. The van der Waals surface area contributed by atoms with Crippen LogP contribution in [-0.2, 0) is 4.84 Å². The molecule has 0 N–H and O–H groups in total.